The zero-order valence-corrected chi connectivity index (χ0v) is 26.5. The summed E-state index contributed by atoms with van der Waals surface area (Å²) < 4.78 is 4.55. The van der Waals surface area contributed by atoms with Crippen molar-refractivity contribution in [2.24, 2.45) is 0 Å². The molecule has 2 aliphatic carbocycles. The molecule has 4 aromatic carbocycles. The maximum atomic E-state index is 3.88. The van der Waals surface area contributed by atoms with E-state index >= 15 is 0 Å². The molecule has 0 fully saturated rings. The van der Waals surface area contributed by atoms with Crippen molar-refractivity contribution in [1.29, 1.82) is 0 Å². The number of allylic oxidation sites excluding steroid dienone is 2. The smallest absolute Gasteiger partial charge is 1.00 e. The quantitative estimate of drug-likeness (QED) is 0.312. The molecule has 0 radical (unpaired) electrons. The number of hydrogen-bond acceptors (Lipinski definition) is 1. The van der Waals surface area contributed by atoms with Gasteiger partial charge in [0.1, 0.15) is 0 Å². The van der Waals surface area contributed by atoms with Gasteiger partial charge in [-0.05, 0) is 0 Å². The van der Waals surface area contributed by atoms with Gasteiger partial charge in [-0.25, -0.2) is 0 Å². The molecule has 0 saturated heterocycles. The van der Waals surface area contributed by atoms with E-state index < -0.39 is 23.2 Å². The van der Waals surface area contributed by atoms with Crippen molar-refractivity contribution in [2.75, 3.05) is 0 Å². The van der Waals surface area contributed by atoms with Crippen molar-refractivity contribution in [1.82, 2.24) is 0 Å². The molecule has 4 aliphatic rings. The average Bonchev–Trinajstić information content (AvgIpc) is 3.39. The van der Waals surface area contributed by atoms with E-state index in [1.807, 2.05) is 11.8 Å². The Bertz CT molecular complexity index is 1490. The molecule has 8 rings (SSSR count). The third-order valence-electron chi connectivity index (χ3n) is 6.84. The van der Waals surface area contributed by atoms with Gasteiger partial charge in [-0.3, -0.25) is 0 Å². The summed E-state index contributed by atoms with van der Waals surface area (Å²) in [5.74, 6) is 0.766. The third kappa shape index (κ3) is 4.51. The van der Waals surface area contributed by atoms with Crippen LogP contribution in [0.5, 0.6) is 0 Å². The molecule has 5 heteroatoms. The Balaban J connectivity index is 0.00000127. The van der Waals surface area contributed by atoms with Gasteiger partial charge >= 0.3 is 220 Å². The Labute approximate surface area is 251 Å². The molecule has 2 unspecified atom stereocenters. The van der Waals surface area contributed by atoms with E-state index in [1.54, 1.807) is 6.56 Å². The Morgan fingerprint density at radius 2 is 1.34 bits per heavy atom. The summed E-state index contributed by atoms with van der Waals surface area (Å²) >= 11 is 4.73. The topological polar surface area (TPSA) is 0 Å². The van der Waals surface area contributed by atoms with Crippen LogP contribution in [-0.4, -0.2) is 0 Å². The second kappa shape index (κ2) is 10.4. The van der Waals surface area contributed by atoms with Crippen LogP contribution in [0.4, 0.5) is 0 Å². The summed E-state index contributed by atoms with van der Waals surface area (Å²) in [7, 11) is 0. The van der Waals surface area contributed by atoms with Gasteiger partial charge in [0.15, 0.2) is 0 Å². The van der Waals surface area contributed by atoms with Crippen molar-refractivity contribution in [3.05, 3.63) is 135 Å². The largest absolute Gasteiger partial charge is 1.00 e. The Morgan fingerprint density at radius 1 is 0.629 bits per heavy atom. The zero-order valence-electron chi connectivity index (χ0n) is 18.5. The zero-order chi connectivity index (χ0) is 21.9. The molecule has 4 aromatic rings. The van der Waals surface area contributed by atoms with Crippen LogP contribution in [-0.2, 0) is 23.2 Å². The van der Waals surface area contributed by atoms with E-state index in [9.17, 15) is 0 Å². The van der Waals surface area contributed by atoms with Gasteiger partial charge in [0.25, 0.3) is 0 Å². The molecule has 0 amide bonds. The second-order valence-electron chi connectivity index (χ2n) is 8.81. The van der Waals surface area contributed by atoms with Gasteiger partial charge in [0, 0.05) is 0 Å². The Hall–Kier alpha value is -0.967. The molecule has 6 bridgehead atoms. The molecule has 170 valence electrons. The number of halogens is 3. The molecular formula is C30H19Br3SZr. The predicted octanol–water partition coefficient (Wildman–Crippen LogP) is 2.68. The first-order valence-electron chi connectivity index (χ1n) is 11.2. The molecule has 0 saturated carbocycles. The van der Waals surface area contributed by atoms with Crippen molar-refractivity contribution in [3.8, 4) is 0 Å². The monoisotopic (exact) mass is 738 g/mol. The molecule has 0 aromatic heterocycles. The summed E-state index contributed by atoms with van der Waals surface area (Å²) in [6, 6.07) is 34.0. The predicted molar refractivity (Wildman–Crippen MR) is 137 cm³/mol. The van der Waals surface area contributed by atoms with Crippen molar-refractivity contribution >= 4 is 39.8 Å². The fraction of sp³-hybridized carbons (Fsp3) is 0.0667. The average molecular weight is 742 g/mol. The molecule has 0 nitrogen and oxygen atoms in total. The van der Waals surface area contributed by atoms with Crippen molar-refractivity contribution in [3.63, 3.8) is 0 Å². The van der Waals surface area contributed by atoms with Crippen LogP contribution in [0.1, 0.15) is 45.2 Å². The maximum Gasteiger partial charge on any atom is -1.00 e. The first kappa shape index (κ1) is 25.7. The number of fused-ring (bicyclic) bond motifs is 2. The van der Waals surface area contributed by atoms with Crippen molar-refractivity contribution in [2.45, 2.75) is 21.6 Å². The van der Waals surface area contributed by atoms with Crippen LogP contribution in [0, 0.1) is 0 Å². The van der Waals surface area contributed by atoms with Gasteiger partial charge < -0.3 is 34.0 Å². The summed E-state index contributed by atoms with van der Waals surface area (Å²) in [6.07, 6.45) is 5.05. The second-order valence-corrected chi connectivity index (χ2v) is 14.3. The van der Waals surface area contributed by atoms with Crippen LogP contribution in [0.3, 0.4) is 0 Å². The number of benzene rings is 4. The SMILES string of the molecule is Brc1cccc2c1C(c1ccccc1)[C]([Zr+2][C]1=Cc3cc4ccc3C1c1cccc(c1)S4)=C2.[Br-].[Br-]. The fourth-order valence-electron chi connectivity index (χ4n) is 5.44. The summed E-state index contributed by atoms with van der Waals surface area (Å²) in [5, 5.41) is 0. The van der Waals surface area contributed by atoms with Crippen LogP contribution in [0.2, 0.25) is 0 Å². The maximum absolute atomic E-state index is 3.88. The van der Waals surface area contributed by atoms with Gasteiger partial charge in [0.2, 0.25) is 0 Å². The number of hydrogen-bond donors (Lipinski definition) is 0. The minimum atomic E-state index is -1.03. The molecule has 35 heavy (non-hydrogen) atoms. The first-order valence-corrected chi connectivity index (χ1v) is 15.3. The minimum absolute atomic E-state index is 0. The Morgan fingerprint density at radius 3 is 2.20 bits per heavy atom. The molecule has 2 heterocycles. The Kier molecular flexibility index (Phi) is 7.64. The molecule has 0 spiro atoms. The van der Waals surface area contributed by atoms with Gasteiger partial charge in [-0.2, -0.15) is 0 Å². The summed E-state index contributed by atoms with van der Waals surface area (Å²) in [4.78, 5) is 2.69. The normalized spacial score (nSPS) is 18.1. The standard InChI is InChI=1S/C15H10Br.C15H9S.2BrH.Zr/c16-14-8-4-7-12-9-10-13(15(12)14)11-5-2-1-3-6-11;1-2-10-8-12(3-1)16-13-5-7-15-11(9-13)4-6-14(10)15;;;/h1-9,13H;1-5,7-9,14H;2*1H;/q;;;;+2/p-2. The van der Waals surface area contributed by atoms with E-state index in [1.165, 1.54) is 47.6 Å². The third-order valence-corrected chi connectivity index (χ3v) is 12.1. The van der Waals surface area contributed by atoms with Crippen LogP contribution in [0.25, 0.3) is 12.2 Å². The molecular weight excluding hydrogens is 723 g/mol. The minimum Gasteiger partial charge on any atom is -1.00 e. The molecule has 0 N–H and O–H groups in total. The van der Waals surface area contributed by atoms with E-state index in [4.69, 9.17) is 0 Å². The van der Waals surface area contributed by atoms with E-state index in [0.29, 0.717) is 11.8 Å². The number of rotatable bonds is 3. The van der Waals surface area contributed by atoms with Crippen LogP contribution in [0.15, 0.2) is 112 Å². The molecule has 2 atom stereocenters. The molecule has 2 aliphatic heterocycles. The first-order chi connectivity index (χ1) is 16.2. The van der Waals surface area contributed by atoms with E-state index in [-0.39, 0.29) is 34.0 Å². The summed E-state index contributed by atoms with van der Waals surface area (Å²) in [6.45, 7) is 0. The van der Waals surface area contributed by atoms with Crippen molar-refractivity contribution < 1.29 is 57.2 Å². The van der Waals surface area contributed by atoms with E-state index in [2.05, 4.69) is 119 Å². The van der Waals surface area contributed by atoms with Crippen LogP contribution < -0.4 is 34.0 Å². The van der Waals surface area contributed by atoms with Crippen LogP contribution >= 0.6 is 27.7 Å². The fourth-order valence-corrected chi connectivity index (χ4v) is 11.2. The van der Waals surface area contributed by atoms with E-state index in [0.717, 1.165) is 0 Å². The van der Waals surface area contributed by atoms with Gasteiger partial charge in [0.05, 0.1) is 0 Å². The summed E-state index contributed by atoms with van der Waals surface area (Å²) in [5.41, 5.74) is 8.59. The van der Waals surface area contributed by atoms with Gasteiger partial charge in [-0.1, -0.05) is 0 Å². The van der Waals surface area contributed by atoms with Gasteiger partial charge in [-0.15, -0.1) is 0 Å².